The van der Waals surface area contributed by atoms with Crippen molar-refractivity contribution in [2.24, 2.45) is 4.99 Å². The van der Waals surface area contributed by atoms with Gasteiger partial charge in [0.25, 0.3) is 5.56 Å². The number of methoxy groups -OCH3 is 1. The van der Waals surface area contributed by atoms with Gasteiger partial charge in [0.05, 0.1) is 51.7 Å². The van der Waals surface area contributed by atoms with E-state index in [0.717, 1.165) is 16.7 Å². The minimum Gasteiger partial charge on any atom is -0.496 e. The smallest absolute Gasteiger partial charge is 0.338 e. The highest BCUT2D eigenvalue weighted by atomic mass is 79.9. The van der Waals surface area contributed by atoms with Crippen molar-refractivity contribution < 1.29 is 19.0 Å². The van der Waals surface area contributed by atoms with Crippen molar-refractivity contribution in [3.63, 3.8) is 0 Å². The van der Waals surface area contributed by atoms with Gasteiger partial charge in [-0.3, -0.25) is 9.36 Å². The molecule has 8 nitrogen and oxygen atoms in total. The molecule has 42 heavy (non-hydrogen) atoms. The van der Waals surface area contributed by atoms with E-state index in [1.807, 2.05) is 48.5 Å². The van der Waals surface area contributed by atoms with E-state index in [1.165, 1.54) is 11.3 Å². The monoisotopic (exact) mass is 643 g/mol. The summed E-state index contributed by atoms with van der Waals surface area (Å²) in [6.07, 6.45) is 1.80. The fraction of sp³-hybridized carbons (Fsp3) is 0.188. The first-order valence-electron chi connectivity index (χ1n) is 13.1. The van der Waals surface area contributed by atoms with Crippen LogP contribution >= 0.6 is 27.3 Å². The molecule has 10 heteroatoms. The summed E-state index contributed by atoms with van der Waals surface area (Å²) in [5, 5.41) is 8.95. The first kappa shape index (κ1) is 29.0. The number of aromatic nitrogens is 1. The van der Waals surface area contributed by atoms with Crippen LogP contribution in [0.15, 0.2) is 92.3 Å². The van der Waals surface area contributed by atoms with Gasteiger partial charge < -0.3 is 14.2 Å². The summed E-state index contributed by atoms with van der Waals surface area (Å²) in [5.41, 5.74) is 3.65. The summed E-state index contributed by atoms with van der Waals surface area (Å²) < 4.78 is 19.4. The zero-order chi connectivity index (χ0) is 29.8. The summed E-state index contributed by atoms with van der Waals surface area (Å²) in [7, 11) is 1.57. The molecule has 0 N–H and O–H groups in total. The van der Waals surface area contributed by atoms with Crippen LogP contribution < -0.4 is 24.4 Å². The molecule has 0 saturated carbocycles. The third-order valence-electron chi connectivity index (χ3n) is 6.68. The van der Waals surface area contributed by atoms with Crippen LogP contribution in [0.4, 0.5) is 0 Å². The molecule has 0 radical (unpaired) electrons. The highest BCUT2D eigenvalue weighted by Gasteiger charge is 2.33. The van der Waals surface area contributed by atoms with E-state index in [9.17, 15) is 9.59 Å². The van der Waals surface area contributed by atoms with Gasteiger partial charge >= 0.3 is 5.97 Å². The number of hydrogen-bond acceptors (Lipinski definition) is 8. The number of allylic oxidation sites excluding steroid dienone is 1. The van der Waals surface area contributed by atoms with Crippen molar-refractivity contribution in [3.8, 4) is 17.6 Å². The number of ether oxygens (including phenoxy) is 3. The predicted octanol–water partition coefficient (Wildman–Crippen LogP) is 5.02. The summed E-state index contributed by atoms with van der Waals surface area (Å²) in [6.45, 7) is 4.07. The highest BCUT2D eigenvalue weighted by Crippen LogP contribution is 2.35. The number of thiazole rings is 1. The number of benzene rings is 3. The number of carbonyl (C=O) groups excluding carboxylic acids is 1. The molecular formula is C32H26BrN3O5S. The van der Waals surface area contributed by atoms with Crippen molar-refractivity contribution in [1.82, 2.24) is 4.57 Å². The van der Waals surface area contributed by atoms with Gasteiger partial charge in [-0.1, -0.05) is 41.7 Å². The van der Waals surface area contributed by atoms with Gasteiger partial charge in [0.15, 0.2) is 4.80 Å². The Morgan fingerprint density at radius 2 is 1.88 bits per heavy atom. The molecule has 2 heterocycles. The fourth-order valence-corrected chi connectivity index (χ4v) is 6.22. The molecular weight excluding hydrogens is 618 g/mol. The van der Waals surface area contributed by atoms with E-state index in [0.29, 0.717) is 48.7 Å². The predicted molar refractivity (Wildman–Crippen MR) is 163 cm³/mol. The molecule has 0 amide bonds. The van der Waals surface area contributed by atoms with Gasteiger partial charge in [-0.25, -0.2) is 9.79 Å². The molecule has 5 rings (SSSR count). The van der Waals surface area contributed by atoms with E-state index in [-0.39, 0.29) is 12.2 Å². The van der Waals surface area contributed by atoms with Crippen LogP contribution in [0.2, 0.25) is 0 Å². The first-order valence-corrected chi connectivity index (χ1v) is 14.7. The zero-order valence-corrected chi connectivity index (χ0v) is 25.5. The largest absolute Gasteiger partial charge is 0.496 e. The van der Waals surface area contributed by atoms with Crippen LogP contribution in [-0.2, 0) is 16.1 Å². The molecule has 0 bridgehead atoms. The van der Waals surface area contributed by atoms with Crippen LogP contribution in [0.5, 0.6) is 11.5 Å². The van der Waals surface area contributed by atoms with E-state index in [2.05, 4.69) is 27.0 Å². The van der Waals surface area contributed by atoms with Crippen LogP contribution in [-0.4, -0.2) is 24.3 Å². The Balaban J connectivity index is 1.49. The van der Waals surface area contributed by atoms with E-state index in [1.54, 1.807) is 49.8 Å². The van der Waals surface area contributed by atoms with Gasteiger partial charge in [0, 0.05) is 0 Å². The maximum absolute atomic E-state index is 13.8. The van der Waals surface area contributed by atoms with E-state index in [4.69, 9.17) is 19.5 Å². The molecule has 212 valence electrons. The Kier molecular flexibility index (Phi) is 8.71. The van der Waals surface area contributed by atoms with Gasteiger partial charge in [-0.05, 0) is 88.9 Å². The number of carbonyl (C=O) groups is 1. The normalized spacial score (nSPS) is 14.5. The molecule has 4 aromatic rings. The average molecular weight is 645 g/mol. The second-order valence-electron chi connectivity index (χ2n) is 9.36. The van der Waals surface area contributed by atoms with E-state index >= 15 is 0 Å². The van der Waals surface area contributed by atoms with Crippen molar-refractivity contribution >= 4 is 39.3 Å². The van der Waals surface area contributed by atoms with Crippen LogP contribution in [0, 0.1) is 11.3 Å². The lowest BCUT2D eigenvalue weighted by atomic mass is 9.96. The number of nitrogens with zero attached hydrogens (tertiary/aromatic N) is 3. The Morgan fingerprint density at radius 3 is 2.52 bits per heavy atom. The molecule has 1 aromatic heterocycles. The molecule has 1 aliphatic heterocycles. The number of halogens is 1. The first-order chi connectivity index (χ1) is 20.3. The highest BCUT2D eigenvalue weighted by molar-refractivity contribution is 9.10. The Hall–Kier alpha value is -4.46. The summed E-state index contributed by atoms with van der Waals surface area (Å²) in [6, 6.07) is 21.5. The van der Waals surface area contributed by atoms with Crippen LogP contribution in [0.1, 0.15) is 42.1 Å². The number of esters is 1. The van der Waals surface area contributed by atoms with Gasteiger partial charge in [0.1, 0.15) is 18.1 Å². The molecule has 3 aromatic carbocycles. The lowest BCUT2D eigenvalue weighted by molar-refractivity contribution is -0.139. The standard InChI is InChI=1S/C32H26BrN3O5S/c1-4-40-31(38)28-19(2)35-32-36(29(28)23-11-14-26(39-3)25(33)16-23)30(37)27(42-32)15-20-9-12-24(13-10-20)41-18-22-7-5-21(17-34)6-8-22/h5-16,29H,4,18H2,1-3H3/b27-15+/t29-/m1/s1. The maximum atomic E-state index is 13.8. The minimum atomic E-state index is -0.720. The molecule has 1 atom stereocenters. The van der Waals surface area contributed by atoms with Crippen molar-refractivity contribution in [2.45, 2.75) is 26.5 Å². The topological polar surface area (TPSA) is 103 Å². The third kappa shape index (κ3) is 5.93. The quantitative estimate of drug-likeness (QED) is 0.250. The Labute approximate surface area is 254 Å². The van der Waals surface area contributed by atoms with Crippen molar-refractivity contribution in [2.75, 3.05) is 13.7 Å². The number of fused-ring (bicyclic) bond motifs is 1. The zero-order valence-electron chi connectivity index (χ0n) is 23.1. The Morgan fingerprint density at radius 1 is 1.14 bits per heavy atom. The molecule has 0 unspecified atom stereocenters. The maximum Gasteiger partial charge on any atom is 0.338 e. The van der Waals surface area contributed by atoms with Gasteiger partial charge in [0.2, 0.25) is 0 Å². The SMILES string of the molecule is CCOC(=O)C1=C(C)N=c2s/c(=C/c3ccc(OCc4ccc(C#N)cc4)cc3)c(=O)n2[C@@H]1c1ccc(OC)c(Br)c1. The fourth-order valence-electron chi connectivity index (χ4n) is 4.61. The van der Waals surface area contributed by atoms with Crippen LogP contribution in [0.3, 0.4) is 0 Å². The molecule has 0 fully saturated rings. The summed E-state index contributed by atoms with van der Waals surface area (Å²) in [4.78, 5) is 32.1. The number of nitriles is 1. The molecule has 0 spiro atoms. The second kappa shape index (κ2) is 12.6. The molecule has 0 aliphatic carbocycles. The van der Waals surface area contributed by atoms with Gasteiger partial charge in [-0.2, -0.15) is 5.26 Å². The van der Waals surface area contributed by atoms with Gasteiger partial charge in [-0.15, -0.1) is 0 Å². The van der Waals surface area contributed by atoms with Crippen molar-refractivity contribution in [3.05, 3.63) is 124 Å². The second-order valence-corrected chi connectivity index (χ2v) is 11.2. The summed E-state index contributed by atoms with van der Waals surface area (Å²) in [5.74, 6) is 0.799. The van der Waals surface area contributed by atoms with Crippen molar-refractivity contribution in [1.29, 1.82) is 5.26 Å². The Bertz CT molecular complexity index is 1900. The number of rotatable bonds is 8. The number of hydrogen-bond donors (Lipinski definition) is 0. The lowest BCUT2D eigenvalue weighted by Crippen LogP contribution is -2.39. The van der Waals surface area contributed by atoms with E-state index < -0.39 is 12.0 Å². The third-order valence-corrected chi connectivity index (χ3v) is 8.28. The summed E-state index contributed by atoms with van der Waals surface area (Å²) >= 11 is 4.79. The molecule has 1 aliphatic rings. The average Bonchev–Trinajstić information content (AvgIpc) is 3.30. The minimum absolute atomic E-state index is 0.201. The lowest BCUT2D eigenvalue weighted by Gasteiger charge is -2.25. The molecule has 0 saturated heterocycles. The van der Waals surface area contributed by atoms with Crippen LogP contribution in [0.25, 0.3) is 6.08 Å².